The smallest absolute Gasteiger partial charge is 0.306 e. The Balaban J connectivity index is 1.25. The summed E-state index contributed by atoms with van der Waals surface area (Å²) in [6.07, 6.45) is 0.789. The molecule has 0 heterocycles. The van der Waals surface area contributed by atoms with Crippen molar-refractivity contribution in [3.8, 4) is 11.1 Å². The van der Waals surface area contributed by atoms with Gasteiger partial charge in [0.1, 0.15) is 18.2 Å². The van der Waals surface area contributed by atoms with Crippen LogP contribution in [0.2, 0.25) is 0 Å². The molecular formula is C41H60N2O12. The number of carbonyl (C=O) groups excluding carboxylic acids is 4. The summed E-state index contributed by atoms with van der Waals surface area (Å²) in [5.41, 5.74) is 4.05. The zero-order valence-corrected chi connectivity index (χ0v) is 32.9. The van der Waals surface area contributed by atoms with E-state index in [9.17, 15) is 19.2 Å². The van der Waals surface area contributed by atoms with E-state index in [1.54, 1.807) is 27.9 Å². The Kier molecular flexibility index (Phi) is 21.5. The van der Waals surface area contributed by atoms with Crippen LogP contribution in [0.25, 0.3) is 11.1 Å². The van der Waals surface area contributed by atoms with Gasteiger partial charge < -0.3 is 48.5 Å². The van der Waals surface area contributed by atoms with Gasteiger partial charge in [-0.3, -0.25) is 19.2 Å². The first-order chi connectivity index (χ1) is 26.6. The molecule has 1 atom stereocenters. The van der Waals surface area contributed by atoms with Crippen LogP contribution >= 0.6 is 0 Å². The first-order valence-electron chi connectivity index (χ1n) is 19.1. The number of amides is 2. The molecule has 1 aliphatic rings. The predicted octanol–water partition coefficient (Wildman–Crippen LogP) is 3.96. The van der Waals surface area contributed by atoms with Gasteiger partial charge >= 0.3 is 11.9 Å². The molecule has 2 amide bonds. The zero-order chi connectivity index (χ0) is 39.7. The second-order valence-electron chi connectivity index (χ2n) is 13.9. The number of hydrogen-bond donors (Lipinski definition) is 2. The van der Waals surface area contributed by atoms with Crippen LogP contribution in [0.1, 0.15) is 69.9 Å². The summed E-state index contributed by atoms with van der Waals surface area (Å²) in [6, 6.07) is 15.5. The molecule has 0 spiro atoms. The molecule has 0 unspecified atom stereocenters. The third-order valence-corrected chi connectivity index (χ3v) is 8.32. The average Bonchev–Trinajstić information content (AvgIpc) is 3.48. The maximum absolute atomic E-state index is 12.9. The number of ether oxygens (including phenoxy) is 8. The highest BCUT2D eigenvalue weighted by Gasteiger charge is 2.29. The Bertz CT molecular complexity index is 1400. The maximum Gasteiger partial charge on any atom is 0.306 e. The SMILES string of the molecule is COCCOCCOCCOCCNC(=O)[C@H](CCC(=O)OC(C)(C)C)NC(=O)CCOCCOCCCC(=O)OCC1c2ccccc2-c2ccccc21. The van der Waals surface area contributed by atoms with E-state index in [0.29, 0.717) is 65.9 Å². The Hall–Kier alpha value is -3.92. The van der Waals surface area contributed by atoms with Gasteiger partial charge in [-0.25, -0.2) is 0 Å². The lowest BCUT2D eigenvalue weighted by Gasteiger charge is -2.21. The molecule has 306 valence electrons. The number of methoxy groups -OCH3 is 1. The van der Waals surface area contributed by atoms with Crippen molar-refractivity contribution >= 4 is 23.8 Å². The number of fused-ring (bicyclic) bond motifs is 3. The Labute approximate surface area is 325 Å². The van der Waals surface area contributed by atoms with Gasteiger partial charge in [-0.2, -0.15) is 0 Å². The number of esters is 2. The fraction of sp³-hybridized carbons (Fsp3) is 0.610. The van der Waals surface area contributed by atoms with E-state index in [-0.39, 0.29) is 63.9 Å². The molecule has 0 radical (unpaired) electrons. The minimum Gasteiger partial charge on any atom is -0.465 e. The van der Waals surface area contributed by atoms with Crippen molar-refractivity contribution in [3.63, 3.8) is 0 Å². The zero-order valence-electron chi connectivity index (χ0n) is 32.9. The lowest BCUT2D eigenvalue weighted by molar-refractivity contribution is -0.155. The fourth-order valence-electron chi connectivity index (χ4n) is 5.74. The van der Waals surface area contributed by atoms with Gasteiger partial charge in [0.05, 0.1) is 66.1 Å². The minimum atomic E-state index is -0.943. The molecule has 0 saturated heterocycles. The summed E-state index contributed by atoms with van der Waals surface area (Å²) >= 11 is 0. The van der Waals surface area contributed by atoms with Crippen LogP contribution < -0.4 is 10.6 Å². The van der Waals surface area contributed by atoms with Gasteiger partial charge in [0.25, 0.3) is 0 Å². The normalized spacial score (nSPS) is 12.8. The van der Waals surface area contributed by atoms with Gasteiger partial charge in [-0.15, -0.1) is 0 Å². The highest BCUT2D eigenvalue weighted by Crippen LogP contribution is 2.44. The first-order valence-corrected chi connectivity index (χ1v) is 19.1. The molecule has 2 N–H and O–H groups in total. The second-order valence-corrected chi connectivity index (χ2v) is 13.9. The summed E-state index contributed by atoms with van der Waals surface area (Å²) in [5.74, 6) is -1.53. The quantitative estimate of drug-likeness (QED) is 0.0905. The molecule has 14 heteroatoms. The van der Waals surface area contributed by atoms with Crippen LogP contribution in [-0.2, 0) is 57.1 Å². The average molecular weight is 773 g/mol. The largest absolute Gasteiger partial charge is 0.465 e. The van der Waals surface area contributed by atoms with Gasteiger partial charge in [0, 0.05) is 45.4 Å². The first kappa shape index (κ1) is 45.5. The van der Waals surface area contributed by atoms with Crippen molar-refractivity contribution in [1.29, 1.82) is 0 Å². The summed E-state index contributed by atoms with van der Waals surface area (Å²) in [4.78, 5) is 50.4. The van der Waals surface area contributed by atoms with Crippen LogP contribution in [0.15, 0.2) is 48.5 Å². The minimum absolute atomic E-state index is 0.0124. The van der Waals surface area contributed by atoms with Crippen LogP contribution in [0.5, 0.6) is 0 Å². The van der Waals surface area contributed by atoms with Crippen LogP contribution in [-0.4, -0.2) is 128 Å². The monoisotopic (exact) mass is 772 g/mol. The second kappa shape index (κ2) is 26.0. The third kappa shape index (κ3) is 18.5. The van der Waals surface area contributed by atoms with E-state index in [2.05, 4.69) is 34.9 Å². The molecular weight excluding hydrogens is 712 g/mol. The molecule has 0 bridgehead atoms. The summed E-state index contributed by atoms with van der Waals surface area (Å²) in [5, 5.41) is 5.45. The highest BCUT2D eigenvalue weighted by atomic mass is 16.6. The predicted molar refractivity (Wildman–Crippen MR) is 205 cm³/mol. The molecule has 2 aromatic rings. The van der Waals surface area contributed by atoms with Crippen molar-refractivity contribution in [1.82, 2.24) is 10.6 Å². The van der Waals surface area contributed by atoms with Crippen LogP contribution in [0, 0.1) is 0 Å². The number of carbonyl (C=O) groups is 4. The molecule has 0 fully saturated rings. The molecule has 0 aromatic heterocycles. The highest BCUT2D eigenvalue weighted by molar-refractivity contribution is 5.88. The number of hydrogen-bond acceptors (Lipinski definition) is 12. The van der Waals surface area contributed by atoms with Crippen LogP contribution in [0.3, 0.4) is 0 Å². The van der Waals surface area contributed by atoms with Crippen molar-refractivity contribution in [2.24, 2.45) is 0 Å². The van der Waals surface area contributed by atoms with E-state index in [0.717, 1.165) is 0 Å². The van der Waals surface area contributed by atoms with Gasteiger partial charge in [0.15, 0.2) is 0 Å². The molecule has 0 aliphatic heterocycles. The molecule has 14 nitrogen and oxygen atoms in total. The molecule has 0 saturated carbocycles. The van der Waals surface area contributed by atoms with Gasteiger partial charge in [-0.05, 0) is 55.9 Å². The Morgan fingerprint density at radius 1 is 0.655 bits per heavy atom. The standard InChI is InChI=1S/C41H60N2O12/c1-41(2,3)55-39(46)16-15-36(40(47)42-18-21-51-26-27-53-29-28-52-23-22-48-4)43-37(44)17-20-50-25-24-49-19-9-14-38(45)54-30-35-33-12-7-5-10-31(33)32-11-6-8-13-34(32)35/h5-8,10-13,35-36H,9,14-30H2,1-4H3,(H,42,47)(H,43,44)/t36-/m0/s1. The van der Waals surface area contributed by atoms with Crippen molar-refractivity contribution in [2.45, 2.75) is 70.4 Å². The Morgan fingerprint density at radius 3 is 1.80 bits per heavy atom. The van der Waals surface area contributed by atoms with Crippen molar-refractivity contribution in [3.05, 3.63) is 59.7 Å². The Morgan fingerprint density at radius 2 is 1.20 bits per heavy atom. The summed E-state index contributed by atoms with van der Waals surface area (Å²) < 4.78 is 43.3. The van der Waals surface area contributed by atoms with Gasteiger partial charge in [-0.1, -0.05) is 48.5 Å². The lowest BCUT2D eigenvalue weighted by atomic mass is 9.98. The van der Waals surface area contributed by atoms with Crippen LogP contribution in [0.4, 0.5) is 0 Å². The van der Waals surface area contributed by atoms with E-state index in [1.165, 1.54) is 22.3 Å². The maximum atomic E-state index is 12.9. The third-order valence-electron chi connectivity index (χ3n) is 8.32. The molecule has 3 rings (SSSR count). The number of benzene rings is 2. The van der Waals surface area contributed by atoms with E-state index >= 15 is 0 Å². The van der Waals surface area contributed by atoms with Gasteiger partial charge in [0.2, 0.25) is 11.8 Å². The topological polar surface area (TPSA) is 166 Å². The lowest BCUT2D eigenvalue weighted by Crippen LogP contribution is -2.48. The van der Waals surface area contributed by atoms with Crippen molar-refractivity contribution in [2.75, 3.05) is 92.9 Å². The molecule has 2 aromatic carbocycles. The number of nitrogens with one attached hydrogen (secondary N) is 2. The molecule has 1 aliphatic carbocycles. The summed E-state index contributed by atoms with van der Waals surface area (Å²) in [6.45, 7) is 9.75. The van der Waals surface area contributed by atoms with E-state index in [1.807, 2.05) is 24.3 Å². The van der Waals surface area contributed by atoms with E-state index < -0.39 is 29.4 Å². The molecule has 55 heavy (non-hydrogen) atoms. The summed E-state index contributed by atoms with van der Waals surface area (Å²) in [7, 11) is 1.61. The van der Waals surface area contributed by atoms with Crippen molar-refractivity contribution < 1.29 is 57.1 Å². The van der Waals surface area contributed by atoms with E-state index in [4.69, 9.17) is 37.9 Å². The fourth-order valence-corrected chi connectivity index (χ4v) is 5.74. The number of rotatable bonds is 29.